The fourth-order valence-corrected chi connectivity index (χ4v) is 3.64. The minimum Gasteiger partial charge on any atom is -0.496 e. The summed E-state index contributed by atoms with van der Waals surface area (Å²) >= 11 is 6.05. The van der Waals surface area contributed by atoms with Gasteiger partial charge in [0.05, 0.1) is 18.4 Å². The van der Waals surface area contributed by atoms with Gasteiger partial charge in [0.15, 0.2) is 17.3 Å². The highest BCUT2D eigenvalue weighted by atomic mass is 35.5. The number of aliphatic imine (C=N–C) groups is 1. The SMILES string of the molecule is COc1ccccc1C1=N/C(=C\c2ccc3c(c2)OCO3)C(=O)N1c1ccc(Cl)cc1. The molecular formula is C24H17ClN2O4. The maximum atomic E-state index is 13.4. The van der Waals surface area contributed by atoms with Gasteiger partial charge in [0.25, 0.3) is 5.91 Å². The first-order valence-corrected chi connectivity index (χ1v) is 9.95. The first-order chi connectivity index (χ1) is 15.1. The van der Waals surface area contributed by atoms with Crippen LogP contribution in [0.15, 0.2) is 77.4 Å². The van der Waals surface area contributed by atoms with Gasteiger partial charge in [-0.15, -0.1) is 0 Å². The zero-order chi connectivity index (χ0) is 21.4. The molecule has 2 aliphatic heterocycles. The van der Waals surface area contributed by atoms with Crippen LogP contribution < -0.4 is 19.1 Å². The van der Waals surface area contributed by atoms with Gasteiger partial charge in [-0.2, -0.15) is 0 Å². The van der Waals surface area contributed by atoms with Crippen molar-refractivity contribution >= 4 is 35.1 Å². The Morgan fingerprint density at radius 1 is 1.03 bits per heavy atom. The third kappa shape index (κ3) is 3.51. The molecule has 0 atom stereocenters. The average Bonchev–Trinajstić information content (AvgIpc) is 3.39. The molecule has 0 radical (unpaired) electrons. The highest BCUT2D eigenvalue weighted by Crippen LogP contribution is 2.35. The van der Waals surface area contributed by atoms with E-state index < -0.39 is 0 Å². The Bertz CT molecular complexity index is 1230. The maximum Gasteiger partial charge on any atom is 0.282 e. The molecule has 0 saturated carbocycles. The number of anilines is 1. The smallest absolute Gasteiger partial charge is 0.282 e. The highest BCUT2D eigenvalue weighted by molar-refractivity contribution is 6.34. The number of amides is 1. The normalized spacial score (nSPS) is 16.1. The number of hydrogen-bond donors (Lipinski definition) is 0. The van der Waals surface area contributed by atoms with Crippen LogP contribution in [0.25, 0.3) is 6.08 Å². The van der Waals surface area contributed by atoms with Crippen LogP contribution in [0.5, 0.6) is 17.2 Å². The van der Waals surface area contributed by atoms with E-state index in [1.807, 2.05) is 42.5 Å². The monoisotopic (exact) mass is 432 g/mol. The lowest BCUT2D eigenvalue weighted by Crippen LogP contribution is -2.32. The lowest BCUT2D eigenvalue weighted by Gasteiger charge is -2.20. The van der Waals surface area contributed by atoms with E-state index in [4.69, 9.17) is 25.8 Å². The van der Waals surface area contributed by atoms with Gasteiger partial charge >= 0.3 is 0 Å². The van der Waals surface area contributed by atoms with Crippen LogP contribution in [0.4, 0.5) is 5.69 Å². The van der Waals surface area contributed by atoms with Gasteiger partial charge in [-0.1, -0.05) is 29.8 Å². The molecule has 0 fully saturated rings. The number of benzene rings is 3. The summed E-state index contributed by atoms with van der Waals surface area (Å²) in [6, 6.07) is 20.0. The first-order valence-electron chi connectivity index (χ1n) is 9.57. The number of rotatable bonds is 4. The molecule has 3 aromatic rings. The van der Waals surface area contributed by atoms with Crippen LogP contribution in [-0.4, -0.2) is 25.6 Å². The Balaban J connectivity index is 1.62. The summed E-state index contributed by atoms with van der Waals surface area (Å²) < 4.78 is 16.3. The van der Waals surface area contributed by atoms with Crippen molar-refractivity contribution in [1.82, 2.24) is 0 Å². The lowest BCUT2D eigenvalue weighted by atomic mass is 10.1. The molecule has 2 aliphatic rings. The van der Waals surface area contributed by atoms with Crippen molar-refractivity contribution in [2.45, 2.75) is 0 Å². The molecule has 5 rings (SSSR count). The number of carbonyl (C=O) groups is 1. The second kappa shape index (κ2) is 7.81. The van der Waals surface area contributed by atoms with E-state index in [0.29, 0.717) is 45.1 Å². The van der Waals surface area contributed by atoms with Crippen LogP contribution in [0, 0.1) is 0 Å². The summed E-state index contributed by atoms with van der Waals surface area (Å²) in [6.07, 6.45) is 1.73. The van der Waals surface area contributed by atoms with Crippen LogP contribution >= 0.6 is 11.6 Å². The van der Waals surface area contributed by atoms with Gasteiger partial charge < -0.3 is 14.2 Å². The van der Waals surface area contributed by atoms with E-state index in [1.165, 1.54) is 0 Å². The lowest BCUT2D eigenvalue weighted by molar-refractivity contribution is -0.113. The summed E-state index contributed by atoms with van der Waals surface area (Å²) in [4.78, 5) is 19.7. The number of ether oxygens (including phenoxy) is 3. The third-order valence-electron chi connectivity index (χ3n) is 4.99. The number of halogens is 1. The molecule has 1 amide bonds. The number of hydrogen-bond acceptors (Lipinski definition) is 5. The minimum atomic E-state index is -0.249. The molecule has 2 heterocycles. The van der Waals surface area contributed by atoms with Crippen molar-refractivity contribution in [1.29, 1.82) is 0 Å². The van der Waals surface area contributed by atoms with Crippen LogP contribution in [0.1, 0.15) is 11.1 Å². The summed E-state index contributed by atoms with van der Waals surface area (Å²) in [7, 11) is 1.59. The Morgan fingerprint density at radius 2 is 1.81 bits per heavy atom. The van der Waals surface area contributed by atoms with E-state index in [1.54, 1.807) is 42.4 Å². The minimum absolute atomic E-state index is 0.189. The predicted octanol–water partition coefficient (Wildman–Crippen LogP) is 4.91. The fourth-order valence-electron chi connectivity index (χ4n) is 3.52. The Hall–Kier alpha value is -3.77. The van der Waals surface area contributed by atoms with Crippen LogP contribution in [0.2, 0.25) is 5.02 Å². The number of amidine groups is 1. The molecule has 0 aromatic heterocycles. The fraction of sp³-hybridized carbons (Fsp3) is 0.0833. The van der Waals surface area contributed by atoms with Crippen molar-refractivity contribution in [3.05, 3.63) is 88.6 Å². The Morgan fingerprint density at radius 3 is 2.61 bits per heavy atom. The second-order valence-electron chi connectivity index (χ2n) is 6.89. The molecule has 31 heavy (non-hydrogen) atoms. The average molecular weight is 433 g/mol. The number of fused-ring (bicyclic) bond motifs is 1. The summed E-state index contributed by atoms with van der Waals surface area (Å²) in [6.45, 7) is 0.189. The van der Waals surface area contributed by atoms with Crippen molar-refractivity contribution in [2.24, 2.45) is 4.99 Å². The van der Waals surface area contributed by atoms with E-state index >= 15 is 0 Å². The first kappa shape index (κ1) is 19.2. The van der Waals surface area contributed by atoms with Crippen molar-refractivity contribution in [3.63, 3.8) is 0 Å². The van der Waals surface area contributed by atoms with Crippen molar-refractivity contribution < 1.29 is 19.0 Å². The molecule has 0 spiro atoms. The topological polar surface area (TPSA) is 60.4 Å². The van der Waals surface area contributed by atoms with E-state index in [0.717, 1.165) is 5.56 Å². The van der Waals surface area contributed by atoms with Gasteiger partial charge in [0, 0.05) is 5.02 Å². The van der Waals surface area contributed by atoms with Crippen molar-refractivity contribution in [2.75, 3.05) is 18.8 Å². The Labute approximate surface area is 183 Å². The number of carbonyl (C=O) groups excluding carboxylic acids is 1. The highest BCUT2D eigenvalue weighted by Gasteiger charge is 2.34. The molecule has 154 valence electrons. The summed E-state index contributed by atoms with van der Waals surface area (Å²) in [5, 5.41) is 0.585. The quantitative estimate of drug-likeness (QED) is 0.549. The maximum absolute atomic E-state index is 13.4. The van der Waals surface area contributed by atoms with Gasteiger partial charge in [-0.25, -0.2) is 4.99 Å². The van der Waals surface area contributed by atoms with Gasteiger partial charge in [-0.3, -0.25) is 9.69 Å². The molecule has 0 aliphatic carbocycles. The van der Waals surface area contributed by atoms with Crippen LogP contribution in [-0.2, 0) is 4.79 Å². The van der Waals surface area contributed by atoms with Crippen LogP contribution in [0.3, 0.4) is 0 Å². The molecule has 7 heteroatoms. The largest absolute Gasteiger partial charge is 0.496 e. The molecule has 0 bridgehead atoms. The summed E-state index contributed by atoms with van der Waals surface area (Å²) in [5.41, 5.74) is 2.46. The molecule has 0 N–H and O–H groups in total. The van der Waals surface area contributed by atoms with Crippen molar-refractivity contribution in [3.8, 4) is 17.2 Å². The van der Waals surface area contributed by atoms with E-state index in [2.05, 4.69) is 4.99 Å². The van der Waals surface area contributed by atoms with E-state index in [-0.39, 0.29) is 12.7 Å². The standard InChI is InChI=1S/C24H17ClN2O4/c1-29-20-5-3-2-4-18(20)23-26-19(12-15-6-11-21-22(13-15)31-14-30-21)24(28)27(23)17-9-7-16(25)8-10-17/h2-13H,14H2,1H3/b19-12-. The Kier molecular flexibility index (Phi) is 4.84. The number of methoxy groups -OCH3 is 1. The molecule has 3 aromatic carbocycles. The number of nitrogens with zero attached hydrogens (tertiary/aromatic N) is 2. The molecule has 0 unspecified atom stereocenters. The molecule has 6 nitrogen and oxygen atoms in total. The van der Waals surface area contributed by atoms with Gasteiger partial charge in [0.2, 0.25) is 6.79 Å². The molecule has 0 saturated heterocycles. The van der Waals surface area contributed by atoms with E-state index in [9.17, 15) is 4.79 Å². The summed E-state index contributed by atoms with van der Waals surface area (Å²) in [5.74, 6) is 2.18. The van der Waals surface area contributed by atoms with Gasteiger partial charge in [-0.05, 0) is 60.2 Å². The third-order valence-corrected chi connectivity index (χ3v) is 5.25. The number of para-hydroxylation sites is 1. The second-order valence-corrected chi connectivity index (χ2v) is 7.33. The predicted molar refractivity (Wildman–Crippen MR) is 119 cm³/mol. The van der Waals surface area contributed by atoms with Gasteiger partial charge in [0.1, 0.15) is 11.4 Å². The zero-order valence-corrected chi connectivity index (χ0v) is 17.3. The zero-order valence-electron chi connectivity index (χ0n) is 16.5. The molecular weight excluding hydrogens is 416 g/mol.